The molecule has 6 nitrogen and oxygen atoms in total. The summed E-state index contributed by atoms with van der Waals surface area (Å²) in [4.78, 5) is 24.5. The molecule has 0 saturated heterocycles. The molecule has 1 amide bonds. The molecule has 0 heterocycles. The highest BCUT2D eigenvalue weighted by Crippen LogP contribution is 2.24. The quantitative estimate of drug-likeness (QED) is 0.515. The van der Waals surface area contributed by atoms with E-state index in [0.717, 1.165) is 0 Å². The molecule has 2 N–H and O–H groups in total. The summed E-state index contributed by atoms with van der Waals surface area (Å²) >= 11 is 12.1. The van der Waals surface area contributed by atoms with Crippen LogP contribution in [0.15, 0.2) is 42.5 Å². The van der Waals surface area contributed by atoms with Gasteiger partial charge in [0.15, 0.2) is 0 Å². The average molecular weight is 436 g/mol. The van der Waals surface area contributed by atoms with Gasteiger partial charge < -0.3 is 19.9 Å². The lowest BCUT2D eigenvalue weighted by Crippen LogP contribution is -2.41. The lowest BCUT2D eigenvalue weighted by molar-refractivity contribution is -0.142. The highest BCUT2D eigenvalue weighted by atomic mass is 35.5. The first-order valence-electron chi connectivity index (χ1n) is 8.61. The number of methoxy groups -OCH3 is 1. The highest BCUT2D eigenvalue weighted by molar-refractivity contribution is 6.39. The van der Waals surface area contributed by atoms with E-state index < -0.39 is 17.9 Å². The number of nitrogens with one attached hydrogen (secondary N) is 1. The van der Waals surface area contributed by atoms with E-state index in [2.05, 4.69) is 17.2 Å². The third-order valence-electron chi connectivity index (χ3n) is 3.73. The maximum atomic E-state index is 12.5. The molecular formula is C21H19Cl2NO5. The van der Waals surface area contributed by atoms with E-state index in [1.54, 1.807) is 30.3 Å². The van der Waals surface area contributed by atoms with Crippen LogP contribution in [0.1, 0.15) is 22.3 Å². The Labute approximate surface area is 178 Å². The summed E-state index contributed by atoms with van der Waals surface area (Å²) in [6.45, 7) is 0.141. The first-order valence-corrected chi connectivity index (χ1v) is 9.37. The average Bonchev–Trinajstić information content (AvgIpc) is 2.71. The molecule has 0 radical (unpaired) electrons. The van der Waals surface area contributed by atoms with Gasteiger partial charge in [0.05, 0.1) is 29.3 Å². The Morgan fingerprint density at radius 2 is 1.79 bits per heavy atom. The van der Waals surface area contributed by atoms with Crippen LogP contribution in [0.4, 0.5) is 0 Å². The number of hydrogen-bond acceptors (Lipinski definition) is 5. The van der Waals surface area contributed by atoms with Crippen LogP contribution in [0.2, 0.25) is 10.0 Å². The predicted octanol–water partition coefficient (Wildman–Crippen LogP) is 3.08. The summed E-state index contributed by atoms with van der Waals surface area (Å²) < 4.78 is 10.0. The SMILES string of the molecule is COC(=O)C(CC#Cc1ccc(OCCO)cc1)NC(=O)c1c(Cl)cccc1Cl. The smallest absolute Gasteiger partial charge is 0.329 e. The molecule has 1 atom stereocenters. The van der Waals surface area contributed by atoms with Gasteiger partial charge in [0.2, 0.25) is 0 Å². The minimum atomic E-state index is -0.987. The van der Waals surface area contributed by atoms with Gasteiger partial charge in [0.25, 0.3) is 5.91 Å². The second kappa shape index (κ2) is 11.3. The Morgan fingerprint density at radius 3 is 2.38 bits per heavy atom. The fraction of sp³-hybridized carbons (Fsp3) is 0.238. The van der Waals surface area contributed by atoms with Crippen molar-refractivity contribution in [2.75, 3.05) is 20.3 Å². The molecule has 2 rings (SSSR count). The molecule has 0 spiro atoms. The molecule has 0 bridgehead atoms. The van der Waals surface area contributed by atoms with Crippen LogP contribution in [0.25, 0.3) is 0 Å². The summed E-state index contributed by atoms with van der Waals surface area (Å²) in [5.74, 6) is 5.14. The molecule has 2 aromatic rings. The first kappa shape index (κ1) is 22.6. The molecule has 0 aliphatic rings. The summed E-state index contributed by atoms with van der Waals surface area (Å²) in [5, 5.41) is 11.7. The van der Waals surface area contributed by atoms with E-state index >= 15 is 0 Å². The Morgan fingerprint density at radius 1 is 1.14 bits per heavy atom. The van der Waals surface area contributed by atoms with Gasteiger partial charge in [-0.2, -0.15) is 0 Å². The largest absolute Gasteiger partial charge is 0.491 e. The number of ether oxygens (including phenoxy) is 2. The second-order valence-electron chi connectivity index (χ2n) is 5.75. The molecule has 0 aliphatic heterocycles. The van der Waals surface area contributed by atoms with Crippen molar-refractivity contribution in [2.24, 2.45) is 0 Å². The van der Waals surface area contributed by atoms with Crippen LogP contribution < -0.4 is 10.1 Å². The van der Waals surface area contributed by atoms with E-state index in [9.17, 15) is 9.59 Å². The number of aliphatic hydroxyl groups is 1. The minimum absolute atomic E-state index is 0.0310. The third kappa shape index (κ3) is 6.68. The Kier molecular flexibility index (Phi) is 8.81. The van der Waals surface area contributed by atoms with Gasteiger partial charge in [-0.3, -0.25) is 4.79 Å². The maximum Gasteiger partial charge on any atom is 0.329 e. The van der Waals surface area contributed by atoms with Crippen LogP contribution in [0.3, 0.4) is 0 Å². The number of aliphatic hydroxyl groups excluding tert-OH is 1. The molecule has 0 saturated carbocycles. The molecule has 0 fully saturated rings. The van der Waals surface area contributed by atoms with Crippen LogP contribution >= 0.6 is 23.2 Å². The first-order chi connectivity index (χ1) is 14.0. The number of rotatable bonds is 7. The zero-order valence-corrected chi connectivity index (χ0v) is 17.1. The Balaban J connectivity index is 2.07. The summed E-state index contributed by atoms with van der Waals surface area (Å²) in [7, 11) is 1.22. The number of carbonyl (C=O) groups is 2. The standard InChI is InChI=1S/C21H19Cl2NO5/c1-28-21(27)18(24-20(26)19-16(22)5-3-6-17(19)23)7-2-4-14-8-10-15(11-9-14)29-13-12-25/h3,5-6,8-11,18,25H,7,12-13H2,1H3,(H,24,26). The third-order valence-corrected chi connectivity index (χ3v) is 4.36. The minimum Gasteiger partial charge on any atom is -0.491 e. The van der Waals surface area contributed by atoms with Crippen molar-refractivity contribution in [3.05, 3.63) is 63.6 Å². The van der Waals surface area contributed by atoms with E-state index in [0.29, 0.717) is 11.3 Å². The van der Waals surface area contributed by atoms with Gasteiger partial charge in [-0.05, 0) is 36.4 Å². The zero-order valence-electron chi connectivity index (χ0n) is 15.6. The Hall–Kier alpha value is -2.72. The van der Waals surface area contributed by atoms with E-state index in [1.165, 1.54) is 19.2 Å². The van der Waals surface area contributed by atoms with Crippen LogP contribution in [0.5, 0.6) is 5.75 Å². The van der Waals surface area contributed by atoms with E-state index in [1.807, 2.05) is 0 Å². The number of esters is 1. The zero-order chi connectivity index (χ0) is 21.2. The van der Waals surface area contributed by atoms with Crippen molar-refractivity contribution in [3.8, 4) is 17.6 Å². The molecule has 0 aromatic heterocycles. The van der Waals surface area contributed by atoms with Crippen molar-refractivity contribution in [2.45, 2.75) is 12.5 Å². The number of benzene rings is 2. The summed E-state index contributed by atoms with van der Waals surface area (Å²) in [6, 6.07) is 10.6. The van der Waals surface area contributed by atoms with Crippen LogP contribution in [-0.2, 0) is 9.53 Å². The molecule has 1 unspecified atom stereocenters. The maximum absolute atomic E-state index is 12.5. The second-order valence-corrected chi connectivity index (χ2v) is 6.56. The van der Waals surface area contributed by atoms with Gasteiger partial charge in [0, 0.05) is 12.0 Å². The van der Waals surface area contributed by atoms with E-state index in [4.69, 9.17) is 37.8 Å². The van der Waals surface area contributed by atoms with Gasteiger partial charge >= 0.3 is 5.97 Å². The van der Waals surface area contributed by atoms with E-state index in [-0.39, 0.29) is 35.2 Å². The number of hydrogen-bond donors (Lipinski definition) is 2. The molecular weight excluding hydrogens is 417 g/mol. The van der Waals surface area contributed by atoms with Gasteiger partial charge in [-0.15, -0.1) is 0 Å². The molecule has 29 heavy (non-hydrogen) atoms. The van der Waals surface area contributed by atoms with Crippen LogP contribution in [0, 0.1) is 11.8 Å². The van der Waals surface area contributed by atoms with Crippen molar-refractivity contribution in [1.82, 2.24) is 5.32 Å². The number of amides is 1. The normalized spacial score (nSPS) is 11.0. The van der Waals surface area contributed by atoms with Crippen molar-refractivity contribution in [1.29, 1.82) is 0 Å². The summed E-state index contributed by atoms with van der Waals surface area (Å²) in [6.07, 6.45) is 0.0310. The van der Waals surface area contributed by atoms with Crippen LogP contribution in [-0.4, -0.2) is 43.3 Å². The Bertz CT molecular complexity index is 899. The monoisotopic (exact) mass is 435 g/mol. The van der Waals surface area contributed by atoms with Gasteiger partial charge in [0.1, 0.15) is 18.4 Å². The van der Waals surface area contributed by atoms with Crippen molar-refractivity contribution < 1.29 is 24.2 Å². The van der Waals surface area contributed by atoms with Gasteiger partial charge in [-0.1, -0.05) is 41.1 Å². The van der Waals surface area contributed by atoms with Crippen molar-refractivity contribution >= 4 is 35.1 Å². The predicted molar refractivity (Wildman–Crippen MR) is 110 cm³/mol. The number of carbonyl (C=O) groups excluding carboxylic acids is 2. The fourth-order valence-electron chi connectivity index (χ4n) is 2.33. The lowest BCUT2D eigenvalue weighted by atomic mass is 10.1. The van der Waals surface area contributed by atoms with Crippen molar-refractivity contribution in [3.63, 3.8) is 0 Å². The fourth-order valence-corrected chi connectivity index (χ4v) is 2.90. The molecule has 8 heteroatoms. The highest BCUT2D eigenvalue weighted by Gasteiger charge is 2.23. The topological polar surface area (TPSA) is 84.9 Å². The lowest BCUT2D eigenvalue weighted by Gasteiger charge is -2.15. The van der Waals surface area contributed by atoms with Gasteiger partial charge in [-0.25, -0.2) is 4.79 Å². The molecule has 152 valence electrons. The molecule has 0 aliphatic carbocycles. The molecule has 2 aromatic carbocycles. The number of halogens is 2. The summed E-state index contributed by atoms with van der Waals surface area (Å²) in [5.41, 5.74) is 0.779.